The monoisotopic (exact) mass is 447 g/mol. The number of rotatable bonds is 2. The van der Waals surface area contributed by atoms with Crippen molar-refractivity contribution in [2.24, 2.45) is 5.92 Å². The van der Waals surface area contributed by atoms with Crippen LogP contribution in [0.3, 0.4) is 0 Å². The van der Waals surface area contributed by atoms with Crippen molar-refractivity contribution in [3.05, 3.63) is 59.2 Å². The normalized spacial score (nSPS) is 22.7. The second-order valence-corrected chi connectivity index (χ2v) is 9.71. The van der Waals surface area contributed by atoms with E-state index in [1.54, 1.807) is 0 Å². The number of hydrogen-bond donors (Lipinski definition) is 1. The van der Waals surface area contributed by atoms with Crippen LogP contribution in [0.25, 0.3) is 0 Å². The van der Waals surface area contributed by atoms with Crippen molar-refractivity contribution in [3.8, 4) is 5.75 Å². The van der Waals surface area contributed by atoms with Gasteiger partial charge in [-0.25, -0.2) is 4.79 Å². The quantitative estimate of drug-likeness (QED) is 0.731. The van der Waals surface area contributed by atoms with E-state index in [4.69, 9.17) is 4.74 Å². The minimum Gasteiger partial charge on any atom is -0.487 e. The summed E-state index contributed by atoms with van der Waals surface area (Å²) in [4.78, 5) is 30.2. The Morgan fingerprint density at radius 3 is 2.67 bits per heavy atom. The molecule has 0 bridgehead atoms. The molecule has 33 heavy (non-hydrogen) atoms. The molecule has 6 heteroatoms. The van der Waals surface area contributed by atoms with E-state index in [2.05, 4.69) is 29.6 Å². The molecular formula is C27H33N3O3. The fourth-order valence-electron chi connectivity index (χ4n) is 5.43. The van der Waals surface area contributed by atoms with E-state index < -0.39 is 0 Å². The van der Waals surface area contributed by atoms with E-state index in [0.717, 1.165) is 36.3 Å². The molecule has 1 aliphatic carbocycles. The van der Waals surface area contributed by atoms with Gasteiger partial charge in [-0.2, -0.15) is 0 Å². The van der Waals surface area contributed by atoms with Gasteiger partial charge in [0.15, 0.2) is 0 Å². The zero-order valence-corrected chi connectivity index (χ0v) is 19.5. The van der Waals surface area contributed by atoms with Crippen LogP contribution in [0.2, 0.25) is 0 Å². The number of nitrogens with one attached hydrogen (secondary N) is 1. The van der Waals surface area contributed by atoms with Crippen molar-refractivity contribution in [1.82, 2.24) is 10.2 Å². The average Bonchev–Trinajstić information content (AvgIpc) is 2.83. The lowest BCUT2D eigenvalue weighted by Crippen LogP contribution is -2.52. The van der Waals surface area contributed by atoms with Gasteiger partial charge < -0.3 is 15.0 Å². The summed E-state index contributed by atoms with van der Waals surface area (Å²) >= 11 is 0. The van der Waals surface area contributed by atoms with Crippen molar-refractivity contribution in [3.63, 3.8) is 0 Å². The maximum Gasteiger partial charge on any atom is 0.324 e. The van der Waals surface area contributed by atoms with Crippen LogP contribution in [0, 0.1) is 12.8 Å². The average molecular weight is 448 g/mol. The molecule has 0 spiro atoms. The SMILES string of the molecule is Cc1ccc2c(c1)N(C(=O)N1CCC(C(=O)NC3CCCc4ccccc43)CC1)CC(C)O2. The summed E-state index contributed by atoms with van der Waals surface area (Å²) in [5.74, 6) is 0.848. The summed E-state index contributed by atoms with van der Waals surface area (Å²) in [6.45, 7) is 5.76. The van der Waals surface area contributed by atoms with Crippen molar-refractivity contribution in [1.29, 1.82) is 0 Å². The highest BCUT2D eigenvalue weighted by atomic mass is 16.5. The number of urea groups is 1. The summed E-state index contributed by atoms with van der Waals surface area (Å²) < 4.78 is 5.93. The number of aryl methyl sites for hydroxylation is 2. The molecule has 2 aromatic rings. The maximum absolute atomic E-state index is 13.4. The number of likely N-dealkylation sites (tertiary alicyclic amines) is 1. The molecule has 3 aliphatic rings. The lowest BCUT2D eigenvalue weighted by molar-refractivity contribution is -0.127. The fraction of sp³-hybridized carbons (Fsp3) is 0.481. The minimum absolute atomic E-state index is 0.0112. The molecule has 1 fully saturated rings. The van der Waals surface area contributed by atoms with E-state index >= 15 is 0 Å². The van der Waals surface area contributed by atoms with Crippen LogP contribution in [0.1, 0.15) is 55.3 Å². The van der Waals surface area contributed by atoms with Gasteiger partial charge in [-0.15, -0.1) is 0 Å². The first-order valence-electron chi connectivity index (χ1n) is 12.2. The molecule has 2 atom stereocenters. The van der Waals surface area contributed by atoms with Gasteiger partial charge >= 0.3 is 6.03 Å². The number of nitrogens with zero attached hydrogens (tertiary/aromatic N) is 2. The number of piperidine rings is 1. The molecule has 0 radical (unpaired) electrons. The summed E-state index contributed by atoms with van der Waals surface area (Å²) in [5, 5.41) is 3.31. The van der Waals surface area contributed by atoms with Gasteiger partial charge in [0.05, 0.1) is 18.3 Å². The first-order chi connectivity index (χ1) is 16.0. The molecule has 1 N–H and O–H groups in total. The van der Waals surface area contributed by atoms with Crippen LogP contribution in [0.15, 0.2) is 42.5 Å². The minimum atomic E-state index is -0.0501. The van der Waals surface area contributed by atoms with E-state index in [9.17, 15) is 9.59 Å². The van der Waals surface area contributed by atoms with E-state index in [0.29, 0.717) is 32.5 Å². The smallest absolute Gasteiger partial charge is 0.324 e. The largest absolute Gasteiger partial charge is 0.487 e. The standard InChI is InChI=1S/C27H33N3O3/c1-18-10-11-25-24(16-18)30(17-19(2)33-25)27(32)29-14-12-21(13-15-29)26(31)28-23-9-5-7-20-6-3-4-8-22(20)23/h3-4,6,8,10-11,16,19,21,23H,5,7,9,12-15,17H2,1-2H3,(H,28,31). The number of hydrogen-bond acceptors (Lipinski definition) is 3. The Hall–Kier alpha value is -3.02. The van der Waals surface area contributed by atoms with Crippen molar-refractivity contribution >= 4 is 17.6 Å². The first-order valence-corrected chi connectivity index (χ1v) is 12.2. The van der Waals surface area contributed by atoms with Gasteiger partial charge in [-0.1, -0.05) is 30.3 Å². The van der Waals surface area contributed by atoms with Crippen LogP contribution in [0.5, 0.6) is 5.75 Å². The number of amides is 3. The second-order valence-electron chi connectivity index (χ2n) is 9.71. The van der Waals surface area contributed by atoms with Gasteiger partial charge in [-0.05, 0) is 74.8 Å². The third-order valence-electron chi connectivity index (χ3n) is 7.23. The Morgan fingerprint density at radius 2 is 1.85 bits per heavy atom. The van der Waals surface area contributed by atoms with E-state index in [1.165, 1.54) is 11.1 Å². The Kier molecular flexibility index (Phi) is 6.00. The van der Waals surface area contributed by atoms with Crippen LogP contribution in [-0.2, 0) is 11.2 Å². The van der Waals surface area contributed by atoms with Crippen LogP contribution in [0.4, 0.5) is 10.5 Å². The predicted octanol–water partition coefficient (Wildman–Crippen LogP) is 4.61. The lowest BCUT2D eigenvalue weighted by atomic mass is 9.87. The summed E-state index contributed by atoms with van der Waals surface area (Å²) in [5.41, 5.74) is 4.56. The maximum atomic E-state index is 13.4. The van der Waals surface area contributed by atoms with E-state index in [1.807, 2.05) is 41.8 Å². The van der Waals surface area contributed by atoms with Crippen LogP contribution >= 0.6 is 0 Å². The molecule has 3 amide bonds. The summed E-state index contributed by atoms with van der Waals surface area (Å²) in [7, 11) is 0. The third kappa shape index (κ3) is 4.43. The van der Waals surface area contributed by atoms with Crippen molar-refractivity contribution in [2.45, 2.75) is 58.1 Å². The summed E-state index contributed by atoms with van der Waals surface area (Å²) in [6.07, 6.45) is 4.54. The molecule has 0 saturated carbocycles. The molecule has 0 aromatic heterocycles. The van der Waals surface area contributed by atoms with Crippen LogP contribution < -0.4 is 15.0 Å². The van der Waals surface area contributed by atoms with Crippen molar-refractivity contribution < 1.29 is 14.3 Å². The Balaban J connectivity index is 1.21. The molecule has 6 nitrogen and oxygen atoms in total. The highest BCUT2D eigenvalue weighted by molar-refractivity contribution is 5.94. The van der Waals surface area contributed by atoms with Gasteiger partial charge in [-0.3, -0.25) is 9.69 Å². The van der Waals surface area contributed by atoms with Gasteiger partial charge in [0.1, 0.15) is 11.9 Å². The molecule has 1 saturated heterocycles. The second kappa shape index (κ2) is 9.08. The van der Waals surface area contributed by atoms with E-state index in [-0.39, 0.29) is 30.0 Å². The highest BCUT2D eigenvalue weighted by Crippen LogP contribution is 2.35. The number of carbonyl (C=O) groups is 2. The lowest BCUT2D eigenvalue weighted by Gasteiger charge is -2.39. The number of carbonyl (C=O) groups excluding carboxylic acids is 2. The zero-order chi connectivity index (χ0) is 22.9. The fourth-order valence-corrected chi connectivity index (χ4v) is 5.43. The zero-order valence-electron chi connectivity index (χ0n) is 19.5. The molecule has 174 valence electrons. The highest BCUT2D eigenvalue weighted by Gasteiger charge is 2.34. The predicted molar refractivity (Wildman–Crippen MR) is 129 cm³/mol. The van der Waals surface area contributed by atoms with Crippen molar-refractivity contribution in [2.75, 3.05) is 24.5 Å². The number of benzene rings is 2. The number of fused-ring (bicyclic) bond motifs is 2. The molecule has 2 unspecified atom stereocenters. The van der Waals surface area contributed by atoms with Gasteiger partial charge in [0.2, 0.25) is 5.91 Å². The number of anilines is 1. The summed E-state index contributed by atoms with van der Waals surface area (Å²) in [6, 6.07) is 14.5. The Bertz CT molecular complexity index is 1040. The Morgan fingerprint density at radius 1 is 1.06 bits per heavy atom. The third-order valence-corrected chi connectivity index (χ3v) is 7.23. The molecule has 2 heterocycles. The molecule has 2 aromatic carbocycles. The first kappa shape index (κ1) is 21.8. The molecule has 5 rings (SSSR count). The topological polar surface area (TPSA) is 61.9 Å². The van der Waals surface area contributed by atoms with Gasteiger partial charge in [0, 0.05) is 19.0 Å². The molecular weight excluding hydrogens is 414 g/mol. The Labute approximate surface area is 195 Å². The van der Waals surface area contributed by atoms with Crippen LogP contribution in [-0.4, -0.2) is 42.6 Å². The van der Waals surface area contributed by atoms with Gasteiger partial charge in [0.25, 0.3) is 0 Å². The number of ether oxygens (including phenoxy) is 1. The molecule has 2 aliphatic heterocycles.